The monoisotopic (exact) mass is 100.0 g/mol. The molecule has 5 heavy (non-hydrogen) atoms. The molecule has 0 aromatic carbocycles. The SMILES string of the molecule is [B]SC([B])S. The molecule has 0 saturated heterocycles. The van der Waals surface area contributed by atoms with Gasteiger partial charge in [0.1, 0.15) is 0 Å². The molecule has 0 aromatic heterocycles. The molecule has 0 aromatic rings. The summed E-state index contributed by atoms with van der Waals surface area (Å²) in [4.78, 5) is 0. The maximum Gasteiger partial charge on any atom is 0.161 e. The highest BCUT2D eigenvalue weighted by atomic mass is 32.2. The Morgan fingerprint density at radius 2 is 2.00 bits per heavy atom. The molecule has 0 saturated carbocycles. The predicted molar refractivity (Wildman–Crippen MR) is 31.9 cm³/mol. The second kappa shape index (κ2) is 3.04. The highest BCUT2D eigenvalue weighted by Crippen LogP contribution is 2.01. The van der Waals surface area contributed by atoms with Crippen molar-refractivity contribution in [1.29, 1.82) is 0 Å². The first-order valence-corrected chi connectivity index (χ1v) is 2.52. The van der Waals surface area contributed by atoms with E-state index in [1.54, 1.807) is 0 Å². The van der Waals surface area contributed by atoms with Gasteiger partial charge in [0.05, 0.1) is 7.85 Å². The second-order valence-electron chi connectivity index (χ2n) is 0.527. The molecule has 1 atom stereocenters. The van der Waals surface area contributed by atoms with E-state index in [9.17, 15) is 0 Å². The van der Waals surface area contributed by atoms with Gasteiger partial charge in [0.2, 0.25) is 0 Å². The van der Waals surface area contributed by atoms with Crippen LogP contribution in [0.3, 0.4) is 0 Å². The van der Waals surface area contributed by atoms with Gasteiger partial charge in [-0.2, -0.15) is 12.6 Å². The Hall–Kier alpha value is 0.830. The van der Waals surface area contributed by atoms with Crippen LogP contribution >= 0.6 is 24.2 Å². The summed E-state index contributed by atoms with van der Waals surface area (Å²) < 4.78 is -0.227. The molecule has 0 amide bonds. The van der Waals surface area contributed by atoms with Crippen LogP contribution in [0.25, 0.3) is 0 Å². The highest BCUT2D eigenvalue weighted by Gasteiger charge is 1.80. The first kappa shape index (κ1) is 5.83. The van der Waals surface area contributed by atoms with Crippen LogP contribution < -0.4 is 0 Å². The van der Waals surface area contributed by atoms with Gasteiger partial charge >= 0.3 is 0 Å². The van der Waals surface area contributed by atoms with Crippen molar-refractivity contribution in [3.63, 3.8) is 0 Å². The fourth-order valence-electron chi connectivity index (χ4n) is 0. The Bertz CT molecular complexity index is 21.6. The molecule has 24 valence electrons. The lowest BCUT2D eigenvalue weighted by atomic mass is 10.2. The third-order valence-electron chi connectivity index (χ3n) is 0.139. The molecule has 0 nitrogen and oxygen atoms in total. The van der Waals surface area contributed by atoms with Gasteiger partial charge in [-0.05, 0) is 4.48 Å². The molecule has 4 radical (unpaired) electrons. The van der Waals surface area contributed by atoms with E-state index >= 15 is 0 Å². The van der Waals surface area contributed by atoms with Crippen molar-refractivity contribution in [2.45, 2.75) is 4.48 Å². The summed E-state index contributed by atoms with van der Waals surface area (Å²) in [7, 11) is 9.88. The number of thiol groups is 1. The lowest BCUT2D eigenvalue weighted by Crippen LogP contribution is -1.84. The Morgan fingerprint density at radius 3 is 2.00 bits per heavy atom. The van der Waals surface area contributed by atoms with Crippen LogP contribution in [0.1, 0.15) is 0 Å². The minimum Gasteiger partial charge on any atom is -0.223 e. The first-order valence-electron chi connectivity index (χ1n) is 1.06. The van der Waals surface area contributed by atoms with Crippen molar-refractivity contribution in [1.82, 2.24) is 0 Å². The van der Waals surface area contributed by atoms with E-state index in [0.717, 1.165) is 11.6 Å². The van der Waals surface area contributed by atoms with Gasteiger partial charge in [0.25, 0.3) is 0 Å². The van der Waals surface area contributed by atoms with Gasteiger partial charge in [-0.25, -0.2) is 11.6 Å². The lowest BCUT2D eigenvalue weighted by Gasteiger charge is -1.91. The minimum atomic E-state index is -0.227. The molecule has 1 unspecified atom stereocenters. The molecule has 0 fully saturated rings. The zero-order valence-corrected chi connectivity index (χ0v) is 4.30. The van der Waals surface area contributed by atoms with Crippen LogP contribution in [-0.2, 0) is 0 Å². The van der Waals surface area contributed by atoms with Gasteiger partial charge in [0.15, 0.2) is 7.12 Å². The molecule has 0 aliphatic rings. The van der Waals surface area contributed by atoms with E-state index in [-0.39, 0.29) is 4.48 Å². The Morgan fingerprint density at radius 1 is 1.80 bits per heavy atom. The van der Waals surface area contributed by atoms with Crippen LogP contribution in [-0.4, -0.2) is 19.5 Å². The average Bonchev–Trinajstić information content (AvgIpc) is 1.38. The molecule has 0 heterocycles. The van der Waals surface area contributed by atoms with E-state index in [0.29, 0.717) is 0 Å². The van der Waals surface area contributed by atoms with E-state index in [2.05, 4.69) is 12.6 Å². The van der Waals surface area contributed by atoms with E-state index < -0.39 is 0 Å². The number of hydrogen-bond acceptors (Lipinski definition) is 2. The van der Waals surface area contributed by atoms with Crippen molar-refractivity contribution < 1.29 is 0 Å². The fourth-order valence-corrected chi connectivity index (χ4v) is 0. The molecule has 0 spiro atoms. The summed E-state index contributed by atoms with van der Waals surface area (Å²) in [5, 5.41) is 0. The van der Waals surface area contributed by atoms with E-state index in [4.69, 9.17) is 15.0 Å². The zero-order valence-electron chi connectivity index (χ0n) is 2.59. The Labute approximate surface area is 44.2 Å². The van der Waals surface area contributed by atoms with Gasteiger partial charge in [-0.1, -0.05) is 0 Å². The Balaban J connectivity index is 2.54. The summed E-state index contributed by atoms with van der Waals surface area (Å²) in [6, 6.07) is 0. The molecule has 4 heteroatoms. The van der Waals surface area contributed by atoms with Crippen LogP contribution in [0.4, 0.5) is 0 Å². The summed E-state index contributed by atoms with van der Waals surface area (Å²) in [5.74, 6) is 0. The Kier molecular flexibility index (Phi) is 3.54. The van der Waals surface area contributed by atoms with Gasteiger partial charge in [0, 0.05) is 0 Å². The maximum atomic E-state index is 4.99. The molecule has 0 aliphatic carbocycles. The van der Waals surface area contributed by atoms with Crippen molar-refractivity contribution in [2.75, 3.05) is 0 Å². The highest BCUT2D eigenvalue weighted by molar-refractivity contribution is 8.26. The van der Waals surface area contributed by atoms with E-state index in [1.807, 2.05) is 0 Å². The molecule has 0 rings (SSSR count). The smallest absolute Gasteiger partial charge is 0.161 e. The standard InChI is InChI=1S/CH2B2S2/c2-1(4)5-3/h1,4H. The minimum absolute atomic E-state index is 0.227. The largest absolute Gasteiger partial charge is 0.223 e. The second-order valence-corrected chi connectivity index (χ2v) is 2.21. The lowest BCUT2D eigenvalue weighted by molar-refractivity contribution is 2.09. The maximum absolute atomic E-state index is 4.99. The fraction of sp³-hybridized carbons (Fsp3) is 1.00. The molecule has 0 bridgehead atoms. The van der Waals surface area contributed by atoms with E-state index in [1.165, 1.54) is 0 Å². The van der Waals surface area contributed by atoms with Crippen molar-refractivity contribution in [2.24, 2.45) is 0 Å². The first-order chi connectivity index (χ1) is 2.27. The third kappa shape index (κ3) is 4.83. The van der Waals surface area contributed by atoms with Gasteiger partial charge < -0.3 is 0 Å². The molecule has 0 N–H and O–H groups in total. The number of hydrogen-bond donors (Lipinski definition) is 1. The van der Waals surface area contributed by atoms with Crippen molar-refractivity contribution in [3.8, 4) is 0 Å². The zero-order chi connectivity index (χ0) is 4.28. The summed E-state index contributed by atoms with van der Waals surface area (Å²) in [6.45, 7) is 0. The van der Waals surface area contributed by atoms with Gasteiger partial charge in [-0.3, -0.25) is 0 Å². The summed E-state index contributed by atoms with van der Waals surface area (Å²) in [5.41, 5.74) is 0. The molecular formula is CH2B2S2. The normalized spacial score (nSPS) is 14.6. The topological polar surface area (TPSA) is 0 Å². The summed E-state index contributed by atoms with van der Waals surface area (Å²) >= 11 is 4.74. The van der Waals surface area contributed by atoms with Gasteiger partial charge in [-0.15, -0.1) is 0 Å². The quantitative estimate of drug-likeness (QED) is 0.278. The molecule has 0 aliphatic heterocycles. The van der Waals surface area contributed by atoms with Crippen LogP contribution in [0.2, 0.25) is 0 Å². The van der Waals surface area contributed by atoms with Crippen LogP contribution in [0.15, 0.2) is 0 Å². The average molecular weight is 99.8 g/mol. The predicted octanol–water partition coefficient (Wildman–Crippen LogP) is 0.185. The van der Waals surface area contributed by atoms with Crippen molar-refractivity contribution in [3.05, 3.63) is 0 Å². The van der Waals surface area contributed by atoms with Crippen molar-refractivity contribution >= 4 is 39.2 Å². The third-order valence-corrected chi connectivity index (χ3v) is 0.783. The summed E-state index contributed by atoms with van der Waals surface area (Å²) in [6.07, 6.45) is 0. The van der Waals surface area contributed by atoms with Crippen LogP contribution in [0, 0.1) is 0 Å². The molecular weight excluding hydrogens is 97.8 g/mol. The van der Waals surface area contributed by atoms with Crippen LogP contribution in [0.5, 0.6) is 0 Å². The number of rotatable bonds is 1.